The van der Waals surface area contributed by atoms with Crippen molar-refractivity contribution in [1.29, 1.82) is 0 Å². The minimum absolute atomic E-state index is 0.0605. The first-order valence-corrected chi connectivity index (χ1v) is 7.95. The van der Waals surface area contributed by atoms with Gasteiger partial charge in [-0.2, -0.15) is 0 Å². The molecule has 0 spiro atoms. The largest absolute Gasteiger partial charge is 0.395 e. The van der Waals surface area contributed by atoms with Gasteiger partial charge in [0.15, 0.2) is 0 Å². The van der Waals surface area contributed by atoms with Crippen molar-refractivity contribution in [3.63, 3.8) is 0 Å². The highest BCUT2D eigenvalue weighted by Gasteiger charge is 2.19. The summed E-state index contributed by atoms with van der Waals surface area (Å²) in [7, 11) is 0. The summed E-state index contributed by atoms with van der Waals surface area (Å²) in [5.41, 5.74) is 2.57. The van der Waals surface area contributed by atoms with E-state index < -0.39 is 0 Å². The van der Waals surface area contributed by atoms with Crippen LogP contribution in [0.25, 0.3) is 0 Å². The number of rotatable bonds is 6. The Hall–Kier alpha value is -0.610. The summed E-state index contributed by atoms with van der Waals surface area (Å²) in [4.78, 5) is 4.72. The van der Waals surface area contributed by atoms with Crippen LogP contribution in [0.5, 0.6) is 0 Å². The molecule has 0 radical (unpaired) electrons. The molecule has 1 atom stereocenters. The molecule has 1 aromatic rings. The van der Waals surface area contributed by atoms with Crippen LogP contribution in [-0.4, -0.2) is 60.8 Å². The first-order chi connectivity index (χ1) is 9.72. The van der Waals surface area contributed by atoms with Crippen molar-refractivity contribution >= 4 is 11.6 Å². The van der Waals surface area contributed by atoms with Crippen LogP contribution in [0.15, 0.2) is 24.3 Å². The highest BCUT2D eigenvalue weighted by Crippen LogP contribution is 2.22. The number of benzene rings is 1. The van der Waals surface area contributed by atoms with Gasteiger partial charge in [0, 0.05) is 39.3 Å². The molecule has 3 nitrogen and oxygen atoms in total. The molecule has 0 amide bonds. The molecule has 1 unspecified atom stereocenters. The van der Waals surface area contributed by atoms with Gasteiger partial charge in [-0.3, -0.25) is 9.80 Å². The van der Waals surface area contributed by atoms with Gasteiger partial charge in [0.05, 0.1) is 12.0 Å². The van der Waals surface area contributed by atoms with E-state index in [0.717, 1.165) is 45.7 Å². The lowest BCUT2D eigenvalue weighted by Gasteiger charge is -2.35. The molecule has 1 saturated heterocycles. The molecule has 0 aliphatic carbocycles. The predicted molar refractivity (Wildman–Crippen MR) is 84.4 cm³/mol. The van der Waals surface area contributed by atoms with Crippen LogP contribution in [0, 0.1) is 0 Å². The zero-order chi connectivity index (χ0) is 14.4. The molecule has 1 aliphatic rings. The number of aliphatic hydroxyl groups is 1. The molecule has 2 rings (SSSR count). The summed E-state index contributed by atoms with van der Waals surface area (Å²) >= 11 is 6.54. The molecule has 0 aromatic heterocycles. The molecule has 1 heterocycles. The van der Waals surface area contributed by atoms with Crippen LogP contribution < -0.4 is 0 Å². The number of hydrogen-bond acceptors (Lipinski definition) is 3. The maximum Gasteiger partial charge on any atom is 0.0712 e. The number of aliphatic hydroxyl groups excluding tert-OH is 1. The molecule has 1 aromatic carbocycles. The van der Waals surface area contributed by atoms with Gasteiger partial charge in [0.1, 0.15) is 0 Å². The van der Waals surface area contributed by atoms with Gasteiger partial charge < -0.3 is 5.11 Å². The Morgan fingerprint density at radius 2 is 1.70 bits per heavy atom. The van der Waals surface area contributed by atoms with E-state index in [0.29, 0.717) is 0 Å². The fraction of sp³-hybridized carbons (Fsp3) is 0.625. The molecular weight excluding hydrogens is 272 g/mol. The summed E-state index contributed by atoms with van der Waals surface area (Å²) in [6, 6.07) is 8.64. The second-order valence-corrected chi connectivity index (χ2v) is 5.96. The molecule has 1 N–H and O–H groups in total. The van der Waals surface area contributed by atoms with Crippen molar-refractivity contribution in [3.8, 4) is 0 Å². The number of alkyl halides is 1. The first-order valence-electron chi connectivity index (χ1n) is 7.51. The zero-order valence-corrected chi connectivity index (χ0v) is 13.0. The fourth-order valence-corrected chi connectivity index (χ4v) is 2.97. The quantitative estimate of drug-likeness (QED) is 0.815. The predicted octanol–water partition coefficient (Wildman–Crippen LogP) is 2.14. The van der Waals surface area contributed by atoms with Gasteiger partial charge in [-0.1, -0.05) is 31.2 Å². The SMILES string of the molecule is CCc1ccc(C(Cl)CN2CCN(CCO)CC2)cc1. The van der Waals surface area contributed by atoms with Gasteiger partial charge in [0.2, 0.25) is 0 Å². The Labute approximate surface area is 127 Å². The third-order valence-corrected chi connectivity index (χ3v) is 4.44. The zero-order valence-electron chi connectivity index (χ0n) is 12.3. The summed E-state index contributed by atoms with van der Waals surface area (Å²) in [5, 5.41) is 9.01. The molecule has 112 valence electrons. The Bertz CT molecular complexity index is 388. The van der Waals surface area contributed by atoms with E-state index in [1.807, 2.05) is 0 Å². The Morgan fingerprint density at radius 3 is 2.25 bits per heavy atom. The lowest BCUT2D eigenvalue weighted by molar-refractivity contribution is 0.112. The maximum absolute atomic E-state index is 8.94. The van der Waals surface area contributed by atoms with Crippen LogP contribution in [0.3, 0.4) is 0 Å². The van der Waals surface area contributed by atoms with Gasteiger partial charge >= 0.3 is 0 Å². The molecule has 1 aliphatic heterocycles. The van der Waals surface area contributed by atoms with Crippen molar-refractivity contribution in [1.82, 2.24) is 9.80 Å². The average Bonchev–Trinajstić information content (AvgIpc) is 2.49. The smallest absolute Gasteiger partial charge is 0.0712 e. The van der Waals surface area contributed by atoms with E-state index in [1.54, 1.807) is 0 Å². The number of aryl methyl sites for hydroxylation is 1. The van der Waals surface area contributed by atoms with Crippen molar-refractivity contribution in [2.45, 2.75) is 18.7 Å². The van der Waals surface area contributed by atoms with Gasteiger partial charge in [0.25, 0.3) is 0 Å². The average molecular weight is 297 g/mol. The summed E-state index contributed by atoms with van der Waals surface area (Å²) in [5.74, 6) is 0. The summed E-state index contributed by atoms with van der Waals surface area (Å²) < 4.78 is 0. The summed E-state index contributed by atoms with van der Waals surface area (Å²) in [6.45, 7) is 8.24. The number of hydrogen-bond donors (Lipinski definition) is 1. The molecule has 0 saturated carbocycles. The second-order valence-electron chi connectivity index (χ2n) is 5.43. The monoisotopic (exact) mass is 296 g/mol. The van der Waals surface area contributed by atoms with Crippen molar-refractivity contribution < 1.29 is 5.11 Å². The van der Waals surface area contributed by atoms with Crippen LogP contribution >= 0.6 is 11.6 Å². The van der Waals surface area contributed by atoms with Crippen molar-refractivity contribution in [3.05, 3.63) is 35.4 Å². The normalized spacial score (nSPS) is 19.1. The molecular formula is C16H25ClN2O. The van der Waals surface area contributed by atoms with Gasteiger partial charge in [-0.05, 0) is 17.5 Å². The maximum atomic E-state index is 8.94. The standard InChI is InChI=1S/C16H25ClN2O/c1-2-14-3-5-15(6-4-14)16(17)13-19-9-7-18(8-10-19)11-12-20/h3-6,16,20H,2,7-13H2,1H3. The Kier molecular flexibility index (Phi) is 6.30. The minimum atomic E-state index is 0.0605. The van der Waals surface area contributed by atoms with E-state index >= 15 is 0 Å². The van der Waals surface area contributed by atoms with Crippen LogP contribution in [0.1, 0.15) is 23.4 Å². The second kappa shape index (κ2) is 7.99. The highest BCUT2D eigenvalue weighted by molar-refractivity contribution is 6.21. The topological polar surface area (TPSA) is 26.7 Å². The van der Waals surface area contributed by atoms with Gasteiger partial charge in [-0.25, -0.2) is 0 Å². The number of nitrogens with zero attached hydrogens (tertiary/aromatic N) is 2. The fourth-order valence-electron chi connectivity index (χ4n) is 2.63. The highest BCUT2D eigenvalue weighted by atomic mass is 35.5. The van der Waals surface area contributed by atoms with Crippen LogP contribution in [0.2, 0.25) is 0 Å². The van der Waals surface area contributed by atoms with E-state index in [-0.39, 0.29) is 12.0 Å². The third kappa shape index (κ3) is 4.45. The van der Waals surface area contributed by atoms with Crippen molar-refractivity contribution in [2.24, 2.45) is 0 Å². The van der Waals surface area contributed by atoms with E-state index in [4.69, 9.17) is 16.7 Å². The van der Waals surface area contributed by atoms with E-state index in [1.165, 1.54) is 11.1 Å². The first kappa shape index (κ1) is 15.8. The van der Waals surface area contributed by atoms with E-state index in [2.05, 4.69) is 41.0 Å². The van der Waals surface area contributed by atoms with Crippen LogP contribution in [0.4, 0.5) is 0 Å². The van der Waals surface area contributed by atoms with Gasteiger partial charge in [-0.15, -0.1) is 11.6 Å². The third-order valence-electron chi connectivity index (χ3n) is 4.05. The lowest BCUT2D eigenvalue weighted by atomic mass is 10.1. The lowest BCUT2D eigenvalue weighted by Crippen LogP contribution is -2.47. The number of halogens is 1. The Morgan fingerprint density at radius 1 is 1.10 bits per heavy atom. The summed E-state index contributed by atoms with van der Waals surface area (Å²) in [6.07, 6.45) is 1.07. The number of β-amino-alcohol motifs (C(OH)–C–C–N with tert-alkyl or cyclic N) is 1. The molecule has 4 heteroatoms. The van der Waals surface area contributed by atoms with Crippen LogP contribution in [-0.2, 0) is 6.42 Å². The minimum Gasteiger partial charge on any atom is -0.395 e. The number of piperazine rings is 1. The molecule has 1 fully saturated rings. The van der Waals surface area contributed by atoms with Crippen molar-refractivity contribution in [2.75, 3.05) is 45.9 Å². The Balaban J connectivity index is 1.81. The van der Waals surface area contributed by atoms with E-state index in [9.17, 15) is 0 Å². The molecule has 20 heavy (non-hydrogen) atoms. The molecule has 0 bridgehead atoms.